The summed E-state index contributed by atoms with van der Waals surface area (Å²) in [7, 11) is -3.96. The van der Waals surface area contributed by atoms with Crippen LogP contribution in [0.1, 0.15) is 0 Å². The van der Waals surface area contributed by atoms with E-state index in [1.165, 1.54) is 18.5 Å². The molecule has 8 heteroatoms. The Morgan fingerprint density at radius 2 is 1.89 bits per heavy atom. The van der Waals surface area contributed by atoms with Crippen LogP contribution in [-0.2, 0) is 10.0 Å². The summed E-state index contributed by atoms with van der Waals surface area (Å²) in [5.74, 6) is -0.622. The Morgan fingerprint density at radius 1 is 1.16 bits per heavy atom. The van der Waals surface area contributed by atoms with Gasteiger partial charge in [-0.2, -0.15) is 0 Å². The zero-order valence-corrected chi connectivity index (χ0v) is 11.6. The van der Waals surface area contributed by atoms with E-state index in [2.05, 4.69) is 9.71 Å². The molecule has 1 heterocycles. The molecule has 4 nitrogen and oxygen atoms in total. The summed E-state index contributed by atoms with van der Waals surface area (Å²) in [6, 6.07) is 4.43. The number of anilines is 1. The molecular weight excluding hydrogens is 314 g/mol. The minimum Gasteiger partial charge on any atom is -0.276 e. The van der Waals surface area contributed by atoms with E-state index >= 15 is 0 Å². The van der Waals surface area contributed by atoms with E-state index in [-0.39, 0.29) is 20.6 Å². The maximum Gasteiger partial charge on any atom is 0.263 e. The van der Waals surface area contributed by atoms with Crippen molar-refractivity contribution in [2.45, 2.75) is 4.90 Å². The van der Waals surface area contributed by atoms with Crippen LogP contribution in [0.15, 0.2) is 41.6 Å². The van der Waals surface area contributed by atoms with E-state index in [0.29, 0.717) is 0 Å². The lowest BCUT2D eigenvalue weighted by atomic mass is 10.3. The zero-order valence-electron chi connectivity index (χ0n) is 9.27. The Bertz CT molecular complexity index is 722. The third kappa shape index (κ3) is 3.15. The Labute approximate surface area is 119 Å². The second kappa shape index (κ2) is 5.32. The fraction of sp³-hybridized carbons (Fsp3) is 0. The molecular formula is C11H7Cl2FN2O2S. The summed E-state index contributed by atoms with van der Waals surface area (Å²) in [5.41, 5.74) is 0.115. The number of hydrogen-bond acceptors (Lipinski definition) is 3. The minimum absolute atomic E-state index is 0.115. The maximum atomic E-state index is 12.9. The van der Waals surface area contributed by atoms with E-state index in [1.807, 2.05) is 0 Å². The Kier molecular flexibility index (Phi) is 3.93. The monoisotopic (exact) mass is 320 g/mol. The van der Waals surface area contributed by atoms with Gasteiger partial charge in [-0.1, -0.05) is 23.2 Å². The number of sulfonamides is 1. The first-order valence-electron chi connectivity index (χ1n) is 4.97. The normalized spacial score (nSPS) is 11.3. The van der Waals surface area contributed by atoms with Crippen LogP contribution < -0.4 is 4.72 Å². The van der Waals surface area contributed by atoms with Gasteiger partial charge in [-0.25, -0.2) is 12.8 Å². The number of nitrogens with one attached hydrogen (secondary N) is 1. The molecule has 1 aromatic carbocycles. The molecule has 0 radical (unpaired) electrons. The van der Waals surface area contributed by atoms with Crippen LogP contribution in [0.25, 0.3) is 0 Å². The smallest absolute Gasteiger partial charge is 0.263 e. The molecule has 1 N–H and O–H groups in total. The summed E-state index contributed by atoms with van der Waals surface area (Å²) in [6.07, 6.45) is 2.68. The Balaban J connectivity index is 2.41. The molecule has 100 valence electrons. The molecule has 2 aromatic rings. The predicted molar refractivity (Wildman–Crippen MR) is 71.5 cm³/mol. The van der Waals surface area contributed by atoms with Crippen molar-refractivity contribution in [3.8, 4) is 0 Å². The first-order chi connectivity index (χ1) is 8.90. The lowest BCUT2D eigenvalue weighted by Crippen LogP contribution is -2.14. The number of nitrogens with zero attached hydrogens (tertiary/aromatic N) is 1. The van der Waals surface area contributed by atoms with Gasteiger partial charge in [0.25, 0.3) is 10.0 Å². The Hall–Kier alpha value is -1.37. The number of rotatable bonds is 3. The van der Waals surface area contributed by atoms with Crippen LogP contribution in [0, 0.1) is 5.82 Å². The van der Waals surface area contributed by atoms with E-state index in [1.54, 1.807) is 0 Å². The zero-order chi connectivity index (χ0) is 14.0. The van der Waals surface area contributed by atoms with Crippen molar-refractivity contribution in [3.05, 3.63) is 52.5 Å². The van der Waals surface area contributed by atoms with Crippen molar-refractivity contribution in [1.29, 1.82) is 0 Å². The summed E-state index contributed by atoms with van der Waals surface area (Å²) in [6.45, 7) is 0. The van der Waals surface area contributed by atoms with Gasteiger partial charge in [0.05, 0.1) is 21.9 Å². The number of halogens is 3. The van der Waals surface area contributed by atoms with Gasteiger partial charge >= 0.3 is 0 Å². The number of aromatic nitrogens is 1. The quantitative estimate of drug-likeness (QED) is 0.943. The third-order valence-electron chi connectivity index (χ3n) is 2.20. The van der Waals surface area contributed by atoms with Crippen molar-refractivity contribution >= 4 is 38.9 Å². The lowest BCUT2D eigenvalue weighted by Gasteiger charge is -2.10. The minimum atomic E-state index is -3.96. The molecule has 0 saturated carbocycles. The molecule has 19 heavy (non-hydrogen) atoms. The summed E-state index contributed by atoms with van der Waals surface area (Å²) in [4.78, 5) is 3.52. The van der Waals surface area contributed by atoms with Crippen LogP contribution in [-0.4, -0.2) is 13.4 Å². The first kappa shape index (κ1) is 14.0. The van der Waals surface area contributed by atoms with E-state index in [0.717, 1.165) is 18.2 Å². The summed E-state index contributed by atoms with van der Waals surface area (Å²) < 4.78 is 39.3. The van der Waals surface area contributed by atoms with E-state index in [9.17, 15) is 12.8 Å². The number of pyridine rings is 1. The second-order valence-electron chi connectivity index (χ2n) is 3.54. The molecule has 0 aliphatic rings. The highest BCUT2D eigenvalue weighted by atomic mass is 35.5. The molecule has 2 rings (SSSR count). The molecule has 1 aromatic heterocycles. The summed E-state index contributed by atoms with van der Waals surface area (Å²) >= 11 is 11.5. The molecule has 0 atom stereocenters. The fourth-order valence-electron chi connectivity index (χ4n) is 1.35. The van der Waals surface area contributed by atoms with Gasteiger partial charge in [0.15, 0.2) is 0 Å². The van der Waals surface area contributed by atoms with Gasteiger partial charge < -0.3 is 0 Å². The van der Waals surface area contributed by atoms with Crippen LogP contribution in [0.5, 0.6) is 0 Å². The number of hydrogen-bond donors (Lipinski definition) is 1. The second-order valence-corrected chi connectivity index (χ2v) is 6.00. The average molecular weight is 321 g/mol. The fourth-order valence-corrected chi connectivity index (χ4v) is 3.15. The molecule has 0 spiro atoms. The molecule has 0 unspecified atom stereocenters. The van der Waals surface area contributed by atoms with Crippen molar-refractivity contribution in [2.24, 2.45) is 0 Å². The highest BCUT2D eigenvalue weighted by Gasteiger charge is 2.19. The SMILES string of the molecule is O=S(=O)(Nc1cnccc1Cl)c1ccc(F)cc1Cl. The van der Waals surface area contributed by atoms with E-state index < -0.39 is 15.8 Å². The standard InChI is InChI=1S/C11H7Cl2FN2O2S/c12-8-3-4-15-6-10(8)16-19(17,18)11-2-1-7(14)5-9(11)13/h1-6,16H. The van der Waals surface area contributed by atoms with Gasteiger partial charge in [0.2, 0.25) is 0 Å². The Morgan fingerprint density at radius 3 is 2.53 bits per heavy atom. The van der Waals surface area contributed by atoms with Gasteiger partial charge in [0, 0.05) is 6.20 Å². The highest BCUT2D eigenvalue weighted by molar-refractivity contribution is 7.92. The highest BCUT2D eigenvalue weighted by Crippen LogP contribution is 2.27. The van der Waals surface area contributed by atoms with Gasteiger partial charge in [0.1, 0.15) is 10.7 Å². The molecule has 0 saturated heterocycles. The van der Waals surface area contributed by atoms with Crippen molar-refractivity contribution in [1.82, 2.24) is 4.98 Å². The molecule has 0 bridgehead atoms. The van der Waals surface area contributed by atoms with Gasteiger partial charge in [-0.05, 0) is 24.3 Å². The average Bonchev–Trinajstić information content (AvgIpc) is 2.31. The first-order valence-corrected chi connectivity index (χ1v) is 7.21. The van der Waals surface area contributed by atoms with Gasteiger partial charge in [-0.3, -0.25) is 9.71 Å². The lowest BCUT2D eigenvalue weighted by molar-refractivity contribution is 0.599. The molecule has 0 amide bonds. The van der Waals surface area contributed by atoms with Crippen LogP contribution in [0.2, 0.25) is 10.0 Å². The van der Waals surface area contributed by atoms with Crippen LogP contribution in [0.3, 0.4) is 0 Å². The van der Waals surface area contributed by atoms with Crippen LogP contribution in [0.4, 0.5) is 10.1 Å². The largest absolute Gasteiger partial charge is 0.276 e. The molecule has 0 aliphatic carbocycles. The van der Waals surface area contributed by atoms with E-state index in [4.69, 9.17) is 23.2 Å². The molecule has 0 aliphatic heterocycles. The predicted octanol–water partition coefficient (Wildman–Crippen LogP) is 3.33. The topological polar surface area (TPSA) is 59.1 Å². The maximum absolute atomic E-state index is 12.9. The number of benzene rings is 1. The van der Waals surface area contributed by atoms with Gasteiger partial charge in [-0.15, -0.1) is 0 Å². The third-order valence-corrected chi connectivity index (χ3v) is 4.37. The van der Waals surface area contributed by atoms with Crippen molar-refractivity contribution in [2.75, 3.05) is 4.72 Å². The summed E-state index contributed by atoms with van der Waals surface area (Å²) in [5, 5.41) is -0.0238. The molecule has 0 fully saturated rings. The van der Waals surface area contributed by atoms with Crippen LogP contribution >= 0.6 is 23.2 Å². The van der Waals surface area contributed by atoms with Crippen molar-refractivity contribution in [3.63, 3.8) is 0 Å². The van der Waals surface area contributed by atoms with Crippen molar-refractivity contribution < 1.29 is 12.8 Å².